The van der Waals surface area contributed by atoms with E-state index in [1.54, 1.807) is 0 Å². The SMILES string of the molecule is CCc1nsc(SCC(=O)c2ccc(C(C)C)cc2)n1. The maximum atomic E-state index is 12.1. The summed E-state index contributed by atoms with van der Waals surface area (Å²) in [7, 11) is 0. The van der Waals surface area contributed by atoms with Crippen LogP contribution in [0.5, 0.6) is 0 Å². The molecule has 0 aliphatic rings. The number of thioether (sulfide) groups is 1. The summed E-state index contributed by atoms with van der Waals surface area (Å²) in [4.78, 5) is 16.5. The fraction of sp³-hybridized carbons (Fsp3) is 0.400. The van der Waals surface area contributed by atoms with Gasteiger partial charge in [-0.05, 0) is 23.0 Å². The second-order valence-corrected chi connectivity index (χ2v) is 6.79. The number of rotatable bonds is 6. The monoisotopic (exact) mass is 306 g/mol. The molecule has 0 bridgehead atoms. The zero-order valence-electron chi connectivity index (χ0n) is 11.9. The summed E-state index contributed by atoms with van der Waals surface area (Å²) >= 11 is 2.83. The maximum Gasteiger partial charge on any atom is 0.173 e. The van der Waals surface area contributed by atoms with E-state index < -0.39 is 0 Å². The van der Waals surface area contributed by atoms with Gasteiger partial charge in [0.15, 0.2) is 10.1 Å². The lowest BCUT2D eigenvalue weighted by molar-refractivity contribution is 0.102. The van der Waals surface area contributed by atoms with Crippen LogP contribution in [-0.2, 0) is 6.42 Å². The minimum absolute atomic E-state index is 0.138. The molecule has 106 valence electrons. The second kappa shape index (κ2) is 6.99. The Hall–Kier alpha value is -1.20. The van der Waals surface area contributed by atoms with Gasteiger partial charge >= 0.3 is 0 Å². The number of hydrogen-bond donors (Lipinski definition) is 0. The lowest BCUT2D eigenvalue weighted by atomic mass is 10.0. The Kier molecular flexibility index (Phi) is 5.31. The lowest BCUT2D eigenvalue weighted by Gasteiger charge is -2.05. The van der Waals surface area contributed by atoms with Crippen molar-refractivity contribution in [1.82, 2.24) is 9.36 Å². The van der Waals surface area contributed by atoms with Crippen LogP contribution in [0.25, 0.3) is 0 Å². The van der Waals surface area contributed by atoms with Crippen LogP contribution in [0.3, 0.4) is 0 Å². The molecule has 0 amide bonds. The summed E-state index contributed by atoms with van der Waals surface area (Å²) in [6.07, 6.45) is 0.835. The largest absolute Gasteiger partial charge is 0.293 e. The Morgan fingerprint density at radius 2 is 2.00 bits per heavy atom. The summed E-state index contributed by atoms with van der Waals surface area (Å²) in [6.45, 7) is 6.32. The molecule has 20 heavy (non-hydrogen) atoms. The third-order valence-electron chi connectivity index (χ3n) is 2.99. The van der Waals surface area contributed by atoms with Crippen molar-refractivity contribution in [1.29, 1.82) is 0 Å². The molecule has 0 saturated heterocycles. The first-order chi connectivity index (χ1) is 9.60. The molecule has 0 aliphatic carbocycles. The first-order valence-corrected chi connectivity index (χ1v) is 8.44. The summed E-state index contributed by atoms with van der Waals surface area (Å²) in [5.41, 5.74) is 2.02. The van der Waals surface area contributed by atoms with Crippen LogP contribution in [0.1, 0.15) is 48.4 Å². The number of carbonyl (C=O) groups is 1. The van der Waals surface area contributed by atoms with E-state index in [0.717, 1.165) is 22.1 Å². The molecule has 0 unspecified atom stereocenters. The van der Waals surface area contributed by atoms with Crippen molar-refractivity contribution in [3.63, 3.8) is 0 Å². The zero-order chi connectivity index (χ0) is 14.5. The van der Waals surface area contributed by atoms with Crippen molar-refractivity contribution in [3.8, 4) is 0 Å². The van der Waals surface area contributed by atoms with Gasteiger partial charge in [-0.25, -0.2) is 4.98 Å². The van der Waals surface area contributed by atoms with E-state index in [2.05, 4.69) is 23.2 Å². The highest BCUT2D eigenvalue weighted by atomic mass is 32.2. The number of hydrogen-bond acceptors (Lipinski definition) is 5. The van der Waals surface area contributed by atoms with Gasteiger partial charge in [0, 0.05) is 12.0 Å². The molecule has 5 heteroatoms. The number of nitrogens with zero attached hydrogens (tertiary/aromatic N) is 2. The fourth-order valence-corrected chi connectivity index (χ4v) is 3.29. The molecule has 0 aliphatic heterocycles. The number of aryl methyl sites for hydroxylation is 1. The molecule has 2 rings (SSSR count). The molecular formula is C15H18N2OS2. The smallest absolute Gasteiger partial charge is 0.173 e. The Balaban J connectivity index is 1.94. The van der Waals surface area contributed by atoms with Crippen molar-refractivity contribution >= 4 is 29.1 Å². The molecule has 0 radical (unpaired) electrons. The van der Waals surface area contributed by atoms with Crippen LogP contribution < -0.4 is 0 Å². The minimum atomic E-state index is 0.138. The van der Waals surface area contributed by atoms with Crippen molar-refractivity contribution in [2.24, 2.45) is 0 Å². The van der Waals surface area contributed by atoms with Crippen molar-refractivity contribution in [2.75, 3.05) is 5.75 Å². The van der Waals surface area contributed by atoms with Gasteiger partial charge in [0.1, 0.15) is 5.82 Å². The van der Waals surface area contributed by atoms with Crippen molar-refractivity contribution < 1.29 is 4.79 Å². The van der Waals surface area contributed by atoms with Gasteiger partial charge in [0.05, 0.1) is 5.75 Å². The third kappa shape index (κ3) is 3.90. The predicted octanol–water partition coefficient (Wildman–Crippen LogP) is 4.20. The summed E-state index contributed by atoms with van der Waals surface area (Å²) in [5, 5.41) is 0. The van der Waals surface area contributed by atoms with Gasteiger partial charge < -0.3 is 0 Å². The minimum Gasteiger partial charge on any atom is -0.293 e. The van der Waals surface area contributed by atoms with E-state index in [4.69, 9.17) is 0 Å². The highest BCUT2D eigenvalue weighted by molar-refractivity contribution is 8.01. The van der Waals surface area contributed by atoms with Gasteiger partial charge in [0.2, 0.25) is 0 Å². The van der Waals surface area contributed by atoms with E-state index in [-0.39, 0.29) is 5.78 Å². The number of aromatic nitrogens is 2. The van der Waals surface area contributed by atoms with Gasteiger partial charge in [-0.15, -0.1) is 0 Å². The third-order valence-corrected chi connectivity index (χ3v) is 4.86. The van der Waals surface area contributed by atoms with E-state index in [1.807, 2.05) is 31.2 Å². The summed E-state index contributed by atoms with van der Waals surface area (Å²) in [6, 6.07) is 7.89. The van der Waals surface area contributed by atoms with Gasteiger partial charge in [-0.2, -0.15) is 4.37 Å². The Morgan fingerprint density at radius 3 is 2.55 bits per heavy atom. The fourth-order valence-electron chi connectivity index (χ4n) is 1.70. The Bertz CT molecular complexity index is 576. The summed E-state index contributed by atoms with van der Waals surface area (Å²) < 4.78 is 5.08. The number of Topliss-reactive ketones (excluding diaryl/α,β-unsaturated/α-hetero) is 1. The molecule has 0 saturated carbocycles. The molecule has 0 N–H and O–H groups in total. The quantitative estimate of drug-likeness (QED) is 0.592. The zero-order valence-corrected chi connectivity index (χ0v) is 13.6. The molecular weight excluding hydrogens is 288 g/mol. The van der Waals surface area contributed by atoms with Gasteiger partial charge in [0.25, 0.3) is 0 Å². The van der Waals surface area contributed by atoms with Gasteiger partial charge in [-0.1, -0.05) is 56.8 Å². The average molecular weight is 306 g/mol. The van der Waals surface area contributed by atoms with E-state index >= 15 is 0 Å². The Morgan fingerprint density at radius 1 is 1.30 bits per heavy atom. The van der Waals surface area contributed by atoms with Crippen LogP contribution in [-0.4, -0.2) is 20.9 Å². The molecule has 2 aromatic rings. The van der Waals surface area contributed by atoms with Crippen LogP contribution in [0.2, 0.25) is 0 Å². The van der Waals surface area contributed by atoms with Crippen LogP contribution in [0.4, 0.5) is 0 Å². The van der Waals surface area contributed by atoms with Crippen molar-refractivity contribution in [3.05, 3.63) is 41.2 Å². The number of ketones is 1. The molecule has 0 fully saturated rings. The molecule has 0 spiro atoms. The standard InChI is InChI=1S/C15H18N2OS2/c1-4-14-16-15(20-17-14)19-9-13(18)12-7-5-11(6-8-12)10(2)3/h5-8,10H,4,9H2,1-3H3. The van der Waals surface area contributed by atoms with Crippen molar-refractivity contribution in [2.45, 2.75) is 37.4 Å². The topological polar surface area (TPSA) is 42.9 Å². The first kappa shape index (κ1) is 15.2. The normalized spacial score (nSPS) is 11.0. The summed E-state index contributed by atoms with van der Waals surface area (Å²) in [5.74, 6) is 1.89. The highest BCUT2D eigenvalue weighted by Gasteiger charge is 2.10. The van der Waals surface area contributed by atoms with Crippen LogP contribution in [0, 0.1) is 0 Å². The van der Waals surface area contributed by atoms with E-state index in [1.165, 1.54) is 28.9 Å². The van der Waals surface area contributed by atoms with Gasteiger partial charge in [-0.3, -0.25) is 4.79 Å². The highest BCUT2D eigenvalue weighted by Crippen LogP contribution is 2.22. The maximum absolute atomic E-state index is 12.1. The molecule has 1 aromatic heterocycles. The number of benzene rings is 1. The van der Waals surface area contributed by atoms with Crippen LogP contribution in [0.15, 0.2) is 28.6 Å². The predicted molar refractivity (Wildman–Crippen MR) is 84.9 cm³/mol. The molecule has 1 heterocycles. The number of carbonyl (C=O) groups excluding carboxylic acids is 1. The Labute approximate surface area is 128 Å². The molecule has 1 aromatic carbocycles. The molecule has 0 atom stereocenters. The average Bonchev–Trinajstić information content (AvgIpc) is 2.93. The molecule has 3 nitrogen and oxygen atoms in total. The lowest BCUT2D eigenvalue weighted by Crippen LogP contribution is -2.02. The second-order valence-electron chi connectivity index (χ2n) is 4.82. The van der Waals surface area contributed by atoms with Crippen LogP contribution >= 0.6 is 23.3 Å². The van der Waals surface area contributed by atoms with E-state index in [0.29, 0.717) is 11.7 Å². The first-order valence-electron chi connectivity index (χ1n) is 6.68. The van der Waals surface area contributed by atoms with E-state index in [9.17, 15) is 4.79 Å².